The zero-order valence-electron chi connectivity index (χ0n) is 16.4. The fourth-order valence-electron chi connectivity index (χ4n) is 4.99. The third-order valence-electron chi connectivity index (χ3n) is 6.40. The van der Waals surface area contributed by atoms with Crippen molar-refractivity contribution in [3.63, 3.8) is 0 Å². The van der Waals surface area contributed by atoms with E-state index in [1.807, 2.05) is 18.9 Å². The summed E-state index contributed by atoms with van der Waals surface area (Å²) in [7, 11) is 3.45. The molecule has 1 amide bonds. The molecule has 148 valence electrons. The van der Waals surface area contributed by atoms with Crippen LogP contribution in [0.5, 0.6) is 0 Å². The minimum atomic E-state index is -0.398. The van der Waals surface area contributed by atoms with Gasteiger partial charge in [0.25, 0.3) is 11.6 Å². The molecule has 1 spiro atoms. The van der Waals surface area contributed by atoms with Crippen molar-refractivity contribution in [3.05, 3.63) is 33.9 Å². The number of rotatable bonds is 6. The molecule has 0 radical (unpaired) electrons. The number of anilines is 1. The van der Waals surface area contributed by atoms with Crippen molar-refractivity contribution in [2.75, 3.05) is 25.6 Å². The first-order valence-electron chi connectivity index (χ1n) is 9.79. The van der Waals surface area contributed by atoms with E-state index in [2.05, 4.69) is 5.32 Å². The molecule has 2 aliphatic rings. The van der Waals surface area contributed by atoms with Gasteiger partial charge in [-0.3, -0.25) is 14.9 Å². The first-order chi connectivity index (χ1) is 12.9. The molecule has 2 aliphatic carbocycles. The predicted octanol–water partition coefficient (Wildman–Crippen LogP) is 3.52. The summed E-state index contributed by atoms with van der Waals surface area (Å²) in [6.45, 7) is 2.72. The van der Waals surface area contributed by atoms with Crippen molar-refractivity contribution in [1.82, 2.24) is 5.32 Å². The van der Waals surface area contributed by atoms with Crippen LogP contribution in [0.2, 0.25) is 0 Å². The largest absolute Gasteiger partial charge is 0.378 e. The fraction of sp³-hybridized carbons (Fsp3) is 0.650. The van der Waals surface area contributed by atoms with E-state index in [4.69, 9.17) is 4.74 Å². The smallest absolute Gasteiger partial charge is 0.293 e. The molecule has 2 atom stereocenters. The minimum Gasteiger partial charge on any atom is -0.378 e. The maximum Gasteiger partial charge on any atom is 0.293 e. The van der Waals surface area contributed by atoms with Crippen LogP contribution >= 0.6 is 0 Å². The second-order valence-corrected chi connectivity index (χ2v) is 7.64. The molecule has 0 aromatic heterocycles. The molecule has 3 rings (SSSR count). The topological polar surface area (TPSA) is 84.7 Å². The number of ether oxygens (including phenoxy) is 1. The van der Waals surface area contributed by atoms with E-state index in [1.54, 1.807) is 12.1 Å². The highest BCUT2D eigenvalue weighted by molar-refractivity contribution is 5.95. The van der Waals surface area contributed by atoms with Crippen LogP contribution in [-0.4, -0.2) is 43.7 Å². The summed E-state index contributed by atoms with van der Waals surface area (Å²) in [6, 6.07) is 4.95. The van der Waals surface area contributed by atoms with Crippen LogP contribution in [0.1, 0.15) is 55.8 Å². The van der Waals surface area contributed by atoms with Gasteiger partial charge < -0.3 is 15.0 Å². The molecule has 0 saturated heterocycles. The van der Waals surface area contributed by atoms with Crippen LogP contribution < -0.4 is 10.2 Å². The highest BCUT2D eigenvalue weighted by Gasteiger charge is 2.57. The molecule has 0 bridgehead atoms. The molecule has 2 saturated carbocycles. The zero-order chi connectivity index (χ0) is 19.6. The molecule has 1 aromatic carbocycles. The van der Waals surface area contributed by atoms with Crippen molar-refractivity contribution < 1.29 is 14.5 Å². The van der Waals surface area contributed by atoms with E-state index in [0.29, 0.717) is 17.9 Å². The van der Waals surface area contributed by atoms with Crippen LogP contribution in [0.3, 0.4) is 0 Å². The predicted molar refractivity (Wildman–Crippen MR) is 104 cm³/mol. The Morgan fingerprint density at radius 3 is 2.67 bits per heavy atom. The number of hydrogen-bond donors (Lipinski definition) is 1. The van der Waals surface area contributed by atoms with Gasteiger partial charge in [0.05, 0.1) is 11.0 Å². The molecule has 7 nitrogen and oxygen atoms in total. The van der Waals surface area contributed by atoms with E-state index in [9.17, 15) is 14.9 Å². The SMILES string of the molecule is CCOC1CC(N(C)c2ccc(C(=O)NC)cc2[N+](=O)[O-])C12CCCCC2. The van der Waals surface area contributed by atoms with Gasteiger partial charge in [-0.15, -0.1) is 0 Å². The van der Waals surface area contributed by atoms with E-state index < -0.39 is 4.92 Å². The Balaban J connectivity index is 1.91. The Morgan fingerprint density at radius 1 is 1.37 bits per heavy atom. The summed E-state index contributed by atoms with van der Waals surface area (Å²) < 4.78 is 6.02. The normalized spacial score (nSPS) is 23.5. The summed E-state index contributed by atoms with van der Waals surface area (Å²) in [5.74, 6) is -0.323. The highest BCUT2D eigenvalue weighted by Crippen LogP contribution is 2.56. The number of amides is 1. The summed E-state index contributed by atoms with van der Waals surface area (Å²) >= 11 is 0. The van der Waals surface area contributed by atoms with E-state index in [1.165, 1.54) is 32.4 Å². The molecular weight excluding hydrogens is 346 g/mol. The van der Waals surface area contributed by atoms with Crippen LogP contribution in [0, 0.1) is 15.5 Å². The summed E-state index contributed by atoms with van der Waals surface area (Å²) in [5.41, 5.74) is 0.924. The summed E-state index contributed by atoms with van der Waals surface area (Å²) in [4.78, 5) is 25.2. The van der Waals surface area contributed by atoms with Crippen molar-refractivity contribution in [1.29, 1.82) is 0 Å². The van der Waals surface area contributed by atoms with Gasteiger partial charge in [0.2, 0.25) is 0 Å². The Morgan fingerprint density at radius 2 is 2.07 bits per heavy atom. The van der Waals surface area contributed by atoms with E-state index in [-0.39, 0.29) is 29.2 Å². The molecular formula is C20H29N3O4. The van der Waals surface area contributed by atoms with Gasteiger partial charge in [0, 0.05) is 43.8 Å². The molecule has 27 heavy (non-hydrogen) atoms. The van der Waals surface area contributed by atoms with E-state index >= 15 is 0 Å². The third-order valence-corrected chi connectivity index (χ3v) is 6.40. The molecule has 2 unspecified atom stereocenters. The van der Waals surface area contributed by atoms with Crippen molar-refractivity contribution in [2.24, 2.45) is 5.41 Å². The number of nitro groups is 1. The lowest BCUT2D eigenvalue weighted by molar-refractivity contribution is -0.384. The fourth-order valence-corrected chi connectivity index (χ4v) is 4.99. The molecule has 0 aliphatic heterocycles. The number of benzene rings is 1. The van der Waals surface area contributed by atoms with Gasteiger partial charge in [0.1, 0.15) is 5.69 Å². The molecule has 7 heteroatoms. The highest BCUT2D eigenvalue weighted by atomic mass is 16.6. The second kappa shape index (κ2) is 7.84. The summed E-state index contributed by atoms with van der Waals surface area (Å²) in [6.07, 6.45) is 6.96. The lowest BCUT2D eigenvalue weighted by Crippen LogP contribution is -2.65. The van der Waals surface area contributed by atoms with Gasteiger partial charge in [-0.2, -0.15) is 0 Å². The van der Waals surface area contributed by atoms with Crippen LogP contribution in [0.15, 0.2) is 18.2 Å². The third kappa shape index (κ3) is 3.40. The molecule has 1 N–H and O–H groups in total. The van der Waals surface area contributed by atoms with Crippen molar-refractivity contribution >= 4 is 17.3 Å². The lowest BCUT2D eigenvalue weighted by Gasteiger charge is -2.60. The first kappa shape index (κ1) is 19.6. The standard InChI is InChI=1S/C20H29N3O4/c1-4-27-18-13-17(20(18)10-6-5-7-11-20)22(3)15-9-8-14(19(24)21-2)12-16(15)23(25)26/h8-9,12,17-18H,4-7,10-11,13H2,1-3H3,(H,21,24). The Hall–Kier alpha value is -2.15. The van der Waals surface area contributed by atoms with Gasteiger partial charge in [0.15, 0.2) is 0 Å². The number of nitrogens with zero attached hydrogens (tertiary/aromatic N) is 2. The number of carbonyl (C=O) groups excluding carboxylic acids is 1. The quantitative estimate of drug-likeness (QED) is 0.607. The van der Waals surface area contributed by atoms with Gasteiger partial charge in [-0.1, -0.05) is 19.3 Å². The maximum absolute atomic E-state index is 11.9. The number of hydrogen-bond acceptors (Lipinski definition) is 5. The van der Waals surface area contributed by atoms with Gasteiger partial charge in [-0.25, -0.2) is 0 Å². The maximum atomic E-state index is 11.9. The zero-order valence-corrected chi connectivity index (χ0v) is 16.4. The minimum absolute atomic E-state index is 0.0237. The Kier molecular flexibility index (Phi) is 5.69. The van der Waals surface area contributed by atoms with E-state index in [0.717, 1.165) is 19.3 Å². The number of nitrogens with one attached hydrogen (secondary N) is 1. The van der Waals surface area contributed by atoms with Gasteiger partial charge in [-0.05, 0) is 38.3 Å². The van der Waals surface area contributed by atoms with Gasteiger partial charge >= 0.3 is 0 Å². The Labute approximate surface area is 160 Å². The lowest BCUT2D eigenvalue weighted by atomic mass is 9.54. The molecule has 0 heterocycles. The van der Waals surface area contributed by atoms with Crippen molar-refractivity contribution in [3.8, 4) is 0 Å². The second-order valence-electron chi connectivity index (χ2n) is 7.64. The van der Waals surface area contributed by atoms with Crippen LogP contribution in [-0.2, 0) is 4.74 Å². The first-order valence-corrected chi connectivity index (χ1v) is 9.79. The number of nitro benzene ring substituents is 1. The molecule has 1 aromatic rings. The van der Waals surface area contributed by atoms with Crippen LogP contribution in [0.4, 0.5) is 11.4 Å². The average Bonchev–Trinajstić information content (AvgIpc) is 2.69. The van der Waals surface area contributed by atoms with Crippen molar-refractivity contribution in [2.45, 2.75) is 57.6 Å². The Bertz CT molecular complexity index is 715. The van der Waals surface area contributed by atoms with Crippen LogP contribution in [0.25, 0.3) is 0 Å². The molecule has 2 fully saturated rings. The number of carbonyl (C=O) groups is 1. The average molecular weight is 375 g/mol. The summed E-state index contributed by atoms with van der Waals surface area (Å²) in [5, 5.41) is 14.2. The monoisotopic (exact) mass is 375 g/mol.